The average Bonchev–Trinajstić information content (AvgIpc) is 2.27. The van der Waals surface area contributed by atoms with Crippen molar-refractivity contribution in [2.45, 2.75) is 30.4 Å². The predicted molar refractivity (Wildman–Crippen MR) is 70.9 cm³/mol. The Morgan fingerprint density at radius 3 is 2.56 bits per heavy atom. The highest BCUT2D eigenvalue weighted by Crippen LogP contribution is 2.27. The smallest absolute Gasteiger partial charge is 0.216 e. The van der Waals surface area contributed by atoms with Crippen LogP contribution in [0.15, 0.2) is 12.4 Å². The second-order valence-corrected chi connectivity index (χ2v) is 7.72. The van der Waals surface area contributed by atoms with E-state index in [1.165, 1.54) is 19.7 Å². The molecule has 1 atom stereocenters. The molecule has 18 heavy (non-hydrogen) atoms. The second kappa shape index (κ2) is 5.40. The fourth-order valence-corrected chi connectivity index (χ4v) is 2.45. The number of methoxy groups -OCH3 is 1. The Balaban J connectivity index is 2.91. The summed E-state index contributed by atoms with van der Waals surface area (Å²) in [6, 6.07) is 1.65. The summed E-state index contributed by atoms with van der Waals surface area (Å²) in [7, 11) is -1.74. The fraction of sp³-hybridized carbons (Fsp3) is 0.636. The van der Waals surface area contributed by atoms with Crippen molar-refractivity contribution >= 4 is 21.4 Å². The summed E-state index contributed by atoms with van der Waals surface area (Å²) in [5.41, 5.74) is 0.651. The summed E-state index contributed by atoms with van der Waals surface area (Å²) < 4.78 is 27.3. The van der Waals surface area contributed by atoms with Gasteiger partial charge in [-0.25, -0.2) is 18.4 Å². The fourth-order valence-electron chi connectivity index (χ4n) is 1.26. The Hall–Kier alpha value is -0.880. The van der Waals surface area contributed by atoms with Gasteiger partial charge in [0.25, 0.3) is 0 Å². The first kappa shape index (κ1) is 15.2. The average molecular weight is 293 g/mol. The topological polar surface area (TPSA) is 69.2 Å². The number of hydrogen-bond donors (Lipinski definition) is 0. The lowest BCUT2D eigenvalue weighted by Gasteiger charge is -2.27. The Morgan fingerprint density at radius 1 is 1.44 bits per heavy atom. The first-order valence-electron chi connectivity index (χ1n) is 5.37. The number of sulfone groups is 1. The van der Waals surface area contributed by atoms with Crippen LogP contribution in [0.3, 0.4) is 0 Å². The molecule has 0 fully saturated rings. The van der Waals surface area contributed by atoms with Gasteiger partial charge in [0.05, 0.1) is 17.2 Å². The number of rotatable bonds is 5. The standard InChI is InChI=1S/C11H17ClN2O3S/c1-11(2,18(4,15)16)9(12)5-8-6-10(17-3)14-7-13-8/h6-7,9H,5H2,1-4H3. The van der Waals surface area contributed by atoms with E-state index in [1.54, 1.807) is 19.9 Å². The van der Waals surface area contributed by atoms with Crippen molar-refractivity contribution < 1.29 is 13.2 Å². The molecule has 0 N–H and O–H groups in total. The molecule has 102 valence electrons. The molecule has 0 amide bonds. The van der Waals surface area contributed by atoms with Crippen LogP contribution in [0.2, 0.25) is 0 Å². The third-order valence-corrected chi connectivity index (χ3v) is 6.03. The SMILES string of the molecule is COc1cc(CC(Cl)C(C)(C)S(C)(=O)=O)ncn1. The maximum atomic E-state index is 11.7. The number of nitrogens with zero attached hydrogens (tertiary/aromatic N) is 2. The molecule has 1 aromatic heterocycles. The van der Waals surface area contributed by atoms with Gasteiger partial charge in [0.1, 0.15) is 6.33 Å². The summed E-state index contributed by atoms with van der Waals surface area (Å²) in [4.78, 5) is 7.93. The molecule has 0 spiro atoms. The summed E-state index contributed by atoms with van der Waals surface area (Å²) in [5, 5.41) is -0.577. The maximum Gasteiger partial charge on any atom is 0.216 e. The second-order valence-electron chi connectivity index (χ2n) is 4.60. The van der Waals surface area contributed by atoms with Crippen LogP contribution in [-0.2, 0) is 16.3 Å². The molecule has 7 heteroatoms. The molecule has 0 bridgehead atoms. The molecule has 1 rings (SSSR count). The Morgan fingerprint density at radius 2 is 2.06 bits per heavy atom. The molecular weight excluding hydrogens is 276 g/mol. The van der Waals surface area contributed by atoms with Crippen LogP contribution < -0.4 is 4.74 Å². The van der Waals surface area contributed by atoms with Crippen molar-refractivity contribution in [3.8, 4) is 5.88 Å². The van der Waals surface area contributed by atoms with Gasteiger partial charge in [-0.1, -0.05) is 0 Å². The van der Waals surface area contributed by atoms with Crippen LogP contribution in [0.4, 0.5) is 0 Å². The summed E-state index contributed by atoms with van der Waals surface area (Å²) >= 11 is 6.21. The van der Waals surface area contributed by atoms with E-state index >= 15 is 0 Å². The summed E-state index contributed by atoms with van der Waals surface area (Å²) in [5.74, 6) is 0.432. The van der Waals surface area contributed by atoms with Crippen LogP contribution in [-0.4, -0.2) is 41.9 Å². The Labute approximate surface area is 112 Å². The van der Waals surface area contributed by atoms with E-state index in [4.69, 9.17) is 16.3 Å². The van der Waals surface area contributed by atoms with Gasteiger partial charge >= 0.3 is 0 Å². The zero-order valence-corrected chi connectivity index (χ0v) is 12.4. The van der Waals surface area contributed by atoms with E-state index in [9.17, 15) is 8.42 Å². The van der Waals surface area contributed by atoms with E-state index in [0.29, 0.717) is 18.0 Å². The molecule has 5 nitrogen and oxygen atoms in total. The first-order valence-corrected chi connectivity index (χ1v) is 7.70. The van der Waals surface area contributed by atoms with Gasteiger partial charge in [-0.2, -0.15) is 0 Å². The summed E-state index contributed by atoms with van der Waals surface area (Å²) in [6.07, 6.45) is 2.88. The molecule has 0 aliphatic rings. The van der Waals surface area contributed by atoms with Gasteiger partial charge in [-0.05, 0) is 13.8 Å². The molecule has 0 saturated carbocycles. The molecule has 1 unspecified atom stereocenters. The van der Waals surface area contributed by atoms with Gasteiger partial charge in [-0.15, -0.1) is 11.6 Å². The van der Waals surface area contributed by atoms with Gasteiger partial charge in [0.15, 0.2) is 9.84 Å². The normalized spacial score (nSPS) is 14.3. The quantitative estimate of drug-likeness (QED) is 0.769. The van der Waals surface area contributed by atoms with Crippen LogP contribution >= 0.6 is 11.6 Å². The van der Waals surface area contributed by atoms with E-state index < -0.39 is 20.0 Å². The minimum atomic E-state index is -3.24. The van der Waals surface area contributed by atoms with E-state index in [0.717, 1.165) is 0 Å². The molecule has 0 radical (unpaired) electrons. The number of alkyl halides is 1. The summed E-state index contributed by atoms with van der Waals surface area (Å²) in [6.45, 7) is 3.22. The largest absolute Gasteiger partial charge is 0.481 e. The molecule has 0 aliphatic heterocycles. The molecule has 0 saturated heterocycles. The van der Waals surface area contributed by atoms with Crippen LogP contribution in [0.25, 0.3) is 0 Å². The highest BCUT2D eigenvalue weighted by atomic mass is 35.5. The monoisotopic (exact) mass is 292 g/mol. The highest BCUT2D eigenvalue weighted by molar-refractivity contribution is 7.92. The maximum absolute atomic E-state index is 11.7. The van der Waals surface area contributed by atoms with Crippen molar-refractivity contribution in [1.29, 1.82) is 0 Å². The van der Waals surface area contributed by atoms with Gasteiger partial charge in [0.2, 0.25) is 5.88 Å². The van der Waals surface area contributed by atoms with Crippen LogP contribution in [0, 0.1) is 0 Å². The van der Waals surface area contributed by atoms with E-state index in [-0.39, 0.29) is 0 Å². The minimum Gasteiger partial charge on any atom is -0.481 e. The van der Waals surface area contributed by atoms with Crippen LogP contribution in [0.1, 0.15) is 19.5 Å². The lowest BCUT2D eigenvalue weighted by molar-refractivity contribution is 0.395. The lowest BCUT2D eigenvalue weighted by Crippen LogP contribution is -2.41. The Kier molecular flexibility index (Phi) is 4.55. The van der Waals surface area contributed by atoms with Crippen molar-refractivity contribution in [3.05, 3.63) is 18.1 Å². The number of halogens is 1. The van der Waals surface area contributed by atoms with Gasteiger partial charge in [0, 0.05) is 24.4 Å². The van der Waals surface area contributed by atoms with Crippen molar-refractivity contribution in [1.82, 2.24) is 9.97 Å². The zero-order valence-electron chi connectivity index (χ0n) is 10.8. The number of aromatic nitrogens is 2. The molecule has 0 aromatic carbocycles. The van der Waals surface area contributed by atoms with E-state index in [1.807, 2.05) is 0 Å². The molecular formula is C11H17ClN2O3S. The number of hydrogen-bond acceptors (Lipinski definition) is 5. The molecule has 0 aliphatic carbocycles. The van der Waals surface area contributed by atoms with Gasteiger partial charge in [-0.3, -0.25) is 0 Å². The highest BCUT2D eigenvalue weighted by Gasteiger charge is 2.38. The van der Waals surface area contributed by atoms with Crippen molar-refractivity contribution in [3.63, 3.8) is 0 Å². The molecule has 1 heterocycles. The number of ether oxygens (including phenoxy) is 1. The third-order valence-electron chi connectivity index (χ3n) is 3.01. The lowest BCUT2D eigenvalue weighted by atomic mass is 10.0. The van der Waals surface area contributed by atoms with E-state index in [2.05, 4.69) is 9.97 Å². The predicted octanol–water partition coefficient (Wildman–Crippen LogP) is 1.46. The Bertz CT molecular complexity index is 517. The third kappa shape index (κ3) is 3.32. The van der Waals surface area contributed by atoms with Crippen LogP contribution in [0.5, 0.6) is 5.88 Å². The zero-order chi connectivity index (χ0) is 14.0. The molecule has 1 aromatic rings. The van der Waals surface area contributed by atoms with Crippen molar-refractivity contribution in [2.24, 2.45) is 0 Å². The van der Waals surface area contributed by atoms with Crippen molar-refractivity contribution in [2.75, 3.05) is 13.4 Å². The minimum absolute atomic E-state index is 0.334. The van der Waals surface area contributed by atoms with Gasteiger partial charge < -0.3 is 4.74 Å². The first-order chi connectivity index (χ1) is 8.18.